The van der Waals surface area contributed by atoms with E-state index in [2.05, 4.69) is 10.6 Å². The highest BCUT2D eigenvalue weighted by atomic mass is 16.6. The van der Waals surface area contributed by atoms with Gasteiger partial charge in [-0.1, -0.05) is 23.8 Å². The minimum absolute atomic E-state index is 0.0653. The molecule has 29 heavy (non-hydrogen) atoms. The number of hydrogen-bond donors (Lipinski definition) is 2. The second-order valence-electron chi connectivity index (χ2n) is 8.46. The summed E-state index contributed by atoms with van der Waals surface area (Å²) in [5.41, 5.74) is 2.12. The minimum atomic E-state index is -0.782. The number of carbonyl (C=O) groups excluding carboxylic acids is 3. The fraction of sp³-hybridized carbons (Fsp3) is 0.591. The maximum atomic E-state index is 13.0. The van der Waals surface area contributed by atoms with Crippen molar-refractivity contribution in [1.82, 2.24) is 15.5 Å². The molecule has 1 unspecified atom stereocenters. The van der Waals surface area contributed by atoms with Gasteiger partial charge in [-0.15, -0.1) is 0 Å². The Hall–Kier alpha value is -2.57. The van der Waals surface area contributed by atoms with Gasteiger partial charge in [0.2, 0.25) is 11.8 Å². The number of ether oxygens (including phenoxy) is 1. The lowest BCUT2D eigenvalue weighted by atomic mass is 9.97. The van der Waals surface area contributed by atoms with Crippen molar-refractivity contribution in [1.29, 1.82) is 0 Å². The summed E-state index contributed by atoms with van der Waals surface area (Å²) in [4.78, 5) is 39.3. The summed E-state index contributed by atoms with van der Waals surface area (Å²) in [7, 11) is 0. The van der Waals surface area contributed by atoms with E-state index in [9.17, 15) is 14.4 Å². The maximum absolute atomic E-state index is 13.0. The molecule has 0 bridgehead atoms. The highest BCUT2D eigenvalue weighted by Gasteiger charge is 2.32. The van der Waals surface area contributed by atoms with Crippen LogP contribution in [0, 0.1) is 13.8 Å². The van der Waals surface area contributed by atoms with E-state index in [1.165, 1.54) is 4.90 Å². The quantitative estimate of drug-likeness (QED) is 0.729. The zero-order valence-corrected chi connectivity index (χ0v) is 18.9. The smallest absolute Gasteiger partial charge is 0.408 e. The Kier molecular flexibility index (Phi) is 8.67. The van der Waals surface area contributed by atoms with E-state index in [0.29, 0.717) is 6.54 Å². The molecule has 1 aromatic carbocycles. The summed E-state index contributed by atoms with van der Waals surface area (Å²) in [6.45, 7) is 14.8. The number of carbonyl (C=O) groups is 3. The van der Waals surface area contributed by atoms with Gasteiger partial charge < -0.3 is 20.3 Å². The van der Waals surface area contributed by atoms with Gasteiger partial charge >= 0.3 is 6.09 Å². The van der Waals surface area contributed by atoms with Crippen molar-refractivity contribution in [2.45, 2.75) is 73.1 Å². The Morgan fingerprint density at radius 1 is 1.14 bits per heavy atom. The van der Waals surface area contributed by atoms with Gasteiger partial charge in [0.25, 0.3) is 0 Å². The number of hydrogen-bond acceptors (Lipinski definition) is 4. The van der Waals surface area contributed by atoms with E-state index in [1.54, 1.807) is 20.8 Å². The maximum Gasteiger partial charge on any atom is 0.408 e. The molecule has 3 amide bonds. The molecule has 0 aliphatic heterocycles. The van der Waals surface area contributed by atoms with Gasteiger partial charge in [0.15, 0.2) is 0 Å². The van der Waals surface area contributed by atoms with Gasteiger partial charge in [-0.3, -0.25) is 9.59 Å². The van der Waals surface area contributed by atoms with E-state index < -0.39 is 17.7 Å². The Morgan fingerprint density at radius 2 is 1.76 bits per heavy atom. The molecule has 0 radical (unpaired) electrons. The summed E-state index contributed by atoms with van der Waals surface area (Å²) in [6, 6.07) is 4.95. The van der Waals surface area contributed by atoms with Crippen LogP contribution in [0.5, 0.6) is 0 Å². The molecule has 0 aromatic heterocycles. The predicted molar refractivity (Wildman–Crippen MR) is 114 cm³/mol. The molecule has 1 atom stereocenters. The van der Waals surface area contributed by atoms with Crippen LogP contribution in [-0.2, 0) is 14.3 Å². The largest absolute Gasteiger partial charge is 0.444 e. The van der Waals surface area contributed by atoms with E-state index in [0.717, 1.165) is 16.7 Å². The van der Waals surface area contributed by atoms with Crippen LogP contribution in [0.25, 0.3) is 0 Å². The summed E-state index contributed by atoms with van der Waals surface area (Å²) in [6.07, 6.45) is -0.670. The lowest BCUT2D eigenvalue weighted by Crippen LogP contribution is -2.48. The Bertz CT molecular complexity index is 738. The Balaban J connectivity index is 3.11. The molecule has 0 heterocycles. The number of benzene rings is 1. The van der Waals surface area contributed by atoms with E-state index in [-0.39, 0.29) is 24.4 Å². The van der Waals surface area contributed by atoms with Crippen LogP contribution >= 0.6 is 0 Å². The van der Waals surface area contributed by atoms with Gasteiger partial charge in [0, 0.05) is 12.6 Å². The van der Waals surface area contributed by atoms with Crippen LogP contribution < -0.4 is 10.6 Å². The number of rotatable bonds is 7. The number of nitrogens with one attached hydrogen (secondary N) is 2. The third-order valence-electron chi connectivity index (χ3n) is 4.15. The lowest BCUT2D eigenvalue weighted by Gasteiger charge is -2.32. The summed E-state index contributed by atoms with van der Waals surface area (Å²) < 4.78 is 5.18. The Labute approximate surface area is 174 Å². The summed E-state index contributed by atoms with van der Waals surface area (Å²) in [5, 5.41) is 5.38. The van der Waals surface area contributed by atoms with Crippen LogP contribution in [-0.4, -0.2) is 47.5 Å². The first-order valence-corrected chi connectivity index (χ1v) is 9.99. The van der Waals surface area contributed by atoms with Crippen molar-refractivity contribution in [3.8, 4) is 0 Å². The normalized spacial score (nSPS) is 12.3. The first kappa shape index (κ1) is 24.5. The van der Waals surface area contributed by atoms with Crippen molar-refractivity contribution < 1.29 is 19.1 Å². The van der Waals surface area contributed by atoms with Gasteiger partial charge in [0.05, 0.1) is 0 Å². The van der Waals surface area contributed by atoms with Crippen LogP contribution in [0.3, 0.4) is 0 Å². The monoisotopic (exact) mass is 405 g/mol. The molecule has 0 saturated heterocycles. The minimum Gasteiger partial charge on any atom is -0.444 e. The van der Waals surface area contributed by atoms with Crippen LogP contribution in [0.1, 0.15) is 64.3 Å². The fourth-order valence-electron chi connectivity index (χ4n) is 3.01. The first-order valence-electron chi connectivity index (χ1n) is 9.99. The first-order chi connectivity index (χ1) is 13.4. The molecule has 2 N–H and O–H groups in total. The standard InChI is InChI=1S/C22H35N3O4/c1-9-25(18(26)13-23-21(28)29-22(6,7)8)19(20(27)24-14(2)3)17-11-10-15(4)12-16(17)5/h10-12,14,19H,9,13H2,1-8H3,(H,23,28)(H,24,27). The number of alkyl carbamates (subject to hydrolysis) is 1. The molecule has 7 nitrogen and oxygen atoms in total. The zero-order valence-electron chi connectivity index (χ0n) is 18.9. The number of nitrogens with zero attached hydrogens (tertiary/aromatic N) is 1. The number of likely N-dealkylation sites (N-methyl/N-ethyl adjacent to an activating group) is 1. The average molecular weight is 406 g/mol. The molecule has 162 valence electrons. The topological polar surface area (TPSA) is 87.7 Å². The fourth-order valence-corrected chi connectivity index (χ4v) is 3.01. The van der Waals surface area contributed by atoms with Gasteiger partial charge in [-0.25, -0.2) is 4.79 Å². The number of amides is 3. The Morgan fingerprint density at radius 3 is 2.24 bits per heavy atom. The van der Waals surface area contributed by atoms with E-state index in [1.807, 2.05) is 52.8 Å². The lowest BCUT2D eigenvalue weighted by molar-refractivity contribution is -0.140. The zero-order chi connectivity index (χ0) is 22.4. The van der Waals surface area contributed by atoms with Crippen molar-refractivity contribution in [3.63, 3.8) is 0 Å². The molecule has 0 aliphatic rings. The molecule has 0 spiro atoms. The highest BCUT2D eigenvalue weighted by Crippen LogP contribution is 2.25. The third-order valence-corrected chi connectivity index (χ3v) is 4.15. The molecular weight excluding hydrogens is 370 g/mol. The second kappa shape index (κ2) is 10.3. The van der Waals surface area contributed by atoms with Crippen molar-refractivity contribution in [2.24, 2.45) is 0 Å². The molecule has 0 saturated carbocycles. The second-order valence-corrected chi connectivity index (χ2v) is 8.46. The molecule has 0 aliphatic carbocycles. The van der Waals surface area contributed by atoms with Crippen LogP contribution in [0.15, 0.2) is 18.2 Å². The van der Waals surface area contributed by atoms with Crippen molar-refractivity contribution in [3.05, 3.63) is 34.9 Å². The van der Waals surface area contributed by atoms with Crippen LogP contribution in [0.2, 0.25) is 0 Å². The molecule has 1 aromatic rings. The summed E-state index contributed by atoms with van der Waals surface area (Å²) >= 11 is 0. The van der Waals surface area contributed by atoms with Gasteiger partial charge in [-0.2, -0.15) is 0 Å². The molecule has 7 heteroatoms. The average Bonchev–Trinajstić information content (AvgIpc) is 2.56. The van der Waals surface area contributed by atoms with Crippen LogP contribution in [0.4, 0.5) is 4.79 Å². The molecular formula is C22H35N3O4. The number of aryl methyl sites for hydroxylation is 2. The van der Waals surface area contributed by atoms with E-state index in [4.69, 9.17) is 4.74 Å². The van der Waals surface area contributed by atoms with Gasteiger partial charge in [0.1, 0.15) is 18.2 Å². The van der Waals surface area contributed by atoms with Crippen molar-refractivity contribution in [2.75, 3.05) is 13.1 Å². The summed E-state index contributed by atoms with van der Waals surface area (Å²) in [5.74, 6) is -0.610. The van der Waals surface area contributed by atoms with Gasteiger partial charge in [-0.05, 0) is 66.5 Å². The predicted octanol–water partition coefficient (Wildman–Crippen LogP) is 3.24. The molecule has 0 fully saturated rings. The van der Waals surface area contributed by atoms with E-state index >= 15 is 0 Å². The van der Waals surface area contributed by atoms with Crippen molar-refractivity contribution >= 4 is 17.9 Å². The SMILES string of the molecule is CCN(C(=O)CNC(=O)OC(C)(C)C)C(C(=O)NC(C)C)c1ccc(C)cc1C. The highest BCUT2D eigenvalue weighted by molar-refractivity contribution is 5.90. The third kappa shape index (κ3) is 7.75. The molecule has 1 rings (SSSR count).